The molecule has 0 bridgehead atoms. The first-order valence-electron chi connectivity index (χ1n) is 8.58. The molecule has 132 valence electrons. The van der Waals surface area contributed by atoms with Crippen molar-refractivity contribution in [3.8, 4) is 5.75 Å². The van der Waals surface area contributed by atoms with Gasteiger partial charge in [0.25, 0.3) is 5.91 Å². The SMILES string of the molecule is Cc1ccc(OCC(=O)NC(c2ccccc2)c2ccncc2)cc1C. The summed E-state index contributed by atoms with van der Waals surface area (Å²) in [6, 6.07) is 19.3. The van der Waals surface area contributed by atoms with Crippen LogP contribution >= 0.6 is 0 Å². The van der Waals surface area contributed by atoms with Crippen molar-refractivity contribution in [1.82, 2.24) is 10.3 Å². The molecule has 0 aliphatic heterocycles. The number of hydrogen-bond donors (Lipinski definition) is 1. The van der Waals surface area contributed by atoms with Crippen LogP contribution < -0.4 is 10.1 Å². The molecule has 1 heterocycles. The summed E-state index contributed by atoms with van der Waals surface area (Å²) in [5.74, 6) is 0.525. The van der Waals surface area contributed by atoms with Crippen molar-refractivity contribution in [2.45, 2.75) is 19.9 Å². The zero-order chi connectivity index (χ0) is 18.4. The Labute approximate surface area is 153 Å². The molecule has 0 fully saturated rings. The van der Waals surface area contributed by atoms with Gasteiger partial charge >= 0.3 is 0 Å². The Morgan fingerprint density at radius 2 is 1.65 bits per heavy atom. The number of amides is 1. The number of ether oxygens (including phenoxy) is 1. The predicted molar refractivity (Wildman–Crippen MR) is 102 cm³/mol. The number of nitrogens with zero attached hydrogens (tertiary/aromatic N) is 1. The van der Waals surface area contributed by atoms with E-state index in [1.54, 1.807) is 12.4 Å². The molecular formula is C22H22N2O2. The predicted octanol–water partition coefficient (Wildman–Crippen LogP) is 3.98. The van der Waals surface area contributed by atoms with Crippen molar-refractivity contribution in [3.63, 3.8) is 0 Å². The minimum absolute atomic E-state index is 0.0308. The van der Waals surface area contributed by atoms with Crippen LogP contribution in [0.5, 0.6) is 5.75 Å². The number of aromatic nitrogens is 1. The summed E-state index contributed by atoms with van der Waals surface area (Å²) >= 11 is 0. The third-order valence-electron chi connectivity index (χ3n) is 4.33. The molecule has 26 heavy (non-hydrogen) atoms. The molecular weight excluding hydrogens is 324 g/mol. The van der Waals surface area contributed by atoms with E-state index in [4.69, 9.17) is 4.74 Å². The number of nitrogens with one attached hydrogen (secondary N) is 1. The molecule has 0 spiro atoms. The molecule has 4 nitrogen and oxygen atoms in total. The van der Waals surface area contributed by atoms with Crippen LogP contribution in [-0.4, -0.2) is 17.5 Å². The summed E-state index contributed by atoms with van der Waals surface area (Å²) in [7, 11) is 0. The van der Waals surface area contributed by atoms with Crippen LogP contribution in [0.3, 0.4) is 0 Å². The van der Waals surface area contributed by atoms with E-state index in [0.29, 0.717) is 5.75 Å². The Kier molecular flexibility index (Phi) is 5.64. The van der Waals surface area contributed by atoms with Crippen molar-refractivity contribution in [3.05, 3.63) is 95.3 Å². The second-order valence-corrected chi connectivity index (χ2v) is 6.23. The molecule has 0 radical (unpaired) electrons. The molecule has 1 N–H and O–H groups in total. The maximum Gasteiger partial charge on any atom is 0.258 e. The molecule has 1 atom stereocenters. The molecule has 4 heteroatoms. The lowest BCUT2D eigenvalue weighted by Crippen LogP contribution is -2.33. The van der Waals surface area contributed by atoms with E-state index in [2.05, 4.69) is 10.3 Å². The summed E-state index contributed by atoms with van der Waals surface area (Å²) in [5, 5.41) is 3.05. The van der Waals surface area contributed by atoms with Crippen molar-refractivity contribution in [2.24, 2.45) is 0 Å². The van der Waals surface area contributed by atoms with E-state index in [0.717, 1.165) is 16.7 Å². The number of benzene rings is 2. The Bertz CT molecular complexity index is 824. The number of carbonyl (C=O) groups excluding carboxylic acids is 1. The highest BCUT2D eigenvalue weighted by atomic mass is 16.5. The van der Waals surface area contributed by atoms with Gasteiger partial charge in [-0.15, -0.1) is 0 Å². The molecule has 0 saturated heterocycles. The minimum Gasteiger partial charge on any atom is -0.484 e. The van der Waals surface area contributed by atoms with Gasteiger partial charge in [-0.1, -0.05) is 36.4 Å². The van der Waals surface area contributed by atoms with Crippen LogP contribution in [0, 0.1) is 13.8 Å². The van der Waals surface area contributed by atoms with Crippen LogP contribution in [0.1, 0.15) is 28.3 Å². The molecule has 0 aliphatic rings. The van der Waals surface area contributed by atoms with Crippen molar-refractivity contribution in [2.75, 3.05) is 6.61 Å². The van der Waals surface area contributed by atoms with Gasteiger partial charge in [0.15, 0.2) is 6.61 Å². The monoisotopic (exact) mass is 346 g/mol. The first kappa shape index (κ1) is 17.7. The zero-order valence-electron chi connectivity index (χ0n) is 15.0. The van der Waals surface area contributed by atoms with Crippen molar-refractivity contribution >= 4 is 5.91 Å². The Morgan fingerprint density at radius 1 is 0.962 bits per heavy atom. The summed E-state index contributed by atoms with van der Waals surface area (Å²) in [4.78, 5) is 16.5. The first-order valence-corrected chi connectivity index (χ1v) is 8.58. The lowest BCUT2D eigenvalue weighted by Gasteiger charge is -2.20. The normalized spacial score (nSPS) is 11.6. The average molecular weight is 346 g/mol. The van der Waals surface area contributed by atoms with Crippen LogP contribution in [0.15, 0.2) is 73.1 Å². The van der Waals surface area contributed by atoms with Gasteiger partial charge in [-0.2, -0.15) is 0 Å². The van der Waals surface area contributed by atoms with E-state index in [1.165, 1.54) is 5.56 Å². The van der Waals surface area contributed by atoms with Gasteiger partial charge in [-0.25, -0.2) is 0 Å². The Balaban J connectivity index is 1.70. The third-order valence-corrected chi connectivity index (χ3v) is 4.33. The average Bonchev–Trinajstić information content (AvgIpc) is 2.68. The summed E-state index contributed by atoms with van der Waals surface area (Å²) in [6.07, 6.45) is 3.45. The molecule has 1 aromatic heterocycles. The summed E-state index contributed by atoms with van der Waals surface area (Å²) < 4.78 is 5.65. The smallest absolute Gasteiger partial charge is 0.258 e. The lowest BCUT2D eigenvalue weighted by molar-refractivity contribution is -0.123. The number of aryl methyl sites for hydroxylation is 2. The Hall–Kier alpha value is -3.14. The van der Waals surface area contributed by atoms with Crippen molar-refractivity contribution < 1.29 is 9.53 Å². The fraction of sp³-hybridized carbons (Fsp3) is 0.182. The van der Waals surface area contributed by atoms with Gasteiger partial charge in [0, 0.05) is 12.4 Å². The number of carbonyl (C=O) groups is 1. The quantitative estimate of drug-likeness (QED) is 0.734. The highest BCUT2D eigenvalue weighted by Gasteiger charge is 2.17. The van der Waals surface area contributed by atoms with Gasteiger partial charge < -0.3 is 10.1 Å². The van der Waals surface area contributed by atoms with Crippen LogP contribution in [0.4, 0.5) is 0 Å². The van der Waals surface area contributed by atoms with Crippen LogP contribution in [0.25, 0.3) is 0 Å². The van der Waals surface area contributed by atoms with E-state index in [-0.39, 0.29) is 18.6 Å². The molecule has 1 amide bonds. The maximum absolute atomic E-state index is 12.5. The fourth-order valence-electron chi connectivity index (χ4n) is 2.72. The van der Waals surface area contributed by atoms with E-state index < -0.39 is 0 Å². The summed E-state index contributed by atoms with van der Waals surface area (Å²) in [5.41, 5.74) is 4.33. The van der Waals surface area contributed by atoms with E-state index in [1.807, 2.05) is 74.5 Å². The van der Waals surface area contributed by atoms with Gasteiger partial charge in [0.2, 0.25) is 0 Å². The molecule has 0 saturated carbocycles. The van der Waals surface area contributed by atoms with Gasteiger partial charge in [-0.3, -0.25) is 9.78 Å². The van der Waals surface area contributed by atoms with Crippen molar-refractivity contribution in [1.29, 1.82) is 0 Å². The lowest BCUT2D eigenvalue weighted by atomic mass is 10.00. The molecule has 1 unspecified atom stereocenters. The molecule has 3 rings (SSSR count). The van der Waals surface area contributed by atoms with Crippen LogP contribution in [-0.2, 0) is 4.79 Å². The molecule has 3 aromatic rings. The van der Waals surface area contributed by atoms with Crippen LogP contribution in [0.2, 0.25) is 0 Å². The fourth-order valence-corrected chi connectivity index (χ4v) is 2.72. The highest BCUT2D eigenvalue weighted by molar-refractivity contribution is 5.78. The topological polar surface area (TPSA) is 51.2 Å². The number of hydrogen-bond acceptors (Lipinski definition) is 3. The zero-order valence-corrected chi connectivity index (χ0v) is 15.0. The van der Waals surface area contributed by atoms with Gasteiger partial charge in [0.05, 0.1) is 6.04 Å². The number of pyridine rings is 1. The minimum atomic E-state index is -0.241. The van der Waals surface area contributed by atoms with E-state index in [9.17, 15) is 4.79 Å². The maximum atomic E-state index is 12.5. The number of rotatable bonds is 6. The first-order chi connectivity index (χ1) is 12.6. The standard InChI is InChI=1S/C22H22N2O2/c1-16-8-9-20(14-17(16)2)26-15-21(25)24-22(18-6-4-3-5-7-18)19-10-12-23-13-11-19/h3-14,22H,15H2,1-2H3,(H,24,25). The van der Waals surface area contributed by atoms with Gasteiger partial charge in [0.1, 0.15) is 5.75 Å². The molecule has 0 aliphatic carbocycles. The van der Waals surface area contributed by atoms with Gasteiger partial charge in [-0.05, 0) is 60.4 Å². The Morgan fingerprint density at radius 3 is 2.35 bits per heavy atom. The van der Waals surface area contributed by atoms with E-state index >= 15 is 0 Å². The summed E-state index contributed by atoms with van der Waals surface area (Å²) in [6.45, 7) is 4.04. The third kappa shape index (κ3) is 4.48. The largest absolute Gasteiger partial charge is 0.484 e. The highest BCUT2D eigenvalue weighted by Crippen LogP contribution is 2.21. The second-order valence-electron chi connectivity index (χ2n) is 6.23. The molecule has 2 aromatic carbocycles. The second kappa shape index (κ2) is 8.30.